The summed E-state index contributed by atoms with van der Waals surface area (Å²) in [5.74, 6) is -0.762. The highest BCUT2D eigenvalue weighted by molar-refractivity contribution is 7.89. The van der Waals surface area contributed by atoms with Gasteiger partial charge >= 0.3 is 0 Å². The summed E-state index contributed by atoms with van der Waals surface area (Å²) in [5, 5.41) is 2.94. The van der Waals surface area contributed by atoms with Gasteiger partial charge in [-0.15, -0.1) is 0 Å². The van der Waals surface area contributed by atoms with Crippen molar-refractivity contribution in [3.63, 3.8) is 0 Å². The summed E-state index contributed by atoms with van der Waals surface area (Å²) in [6.07, 6.45) is 2.60. The van der Waals surface area contributed by atoms with Crippen molar-refractivity contribution in [2.24, 2.45) is 5.92 Å². The Labute approximate surface area is 178 Å². The number of halogens is 1. The molecule has 2 aromatic carbocycles. The average Bonchev–Trinajstić information content (AvgIpc) is 2.75. The van der Waals surface area contributed by atoms with Gasteiger partial charge in [-0.1, -0.05) is 42.5 Å². The van der Waals surface area contributed by atoms with Crippen LogP contribution >= 0.6 is 0 Å². The first-order valence-corrected chi connectivity index (χ1v) is 12.0. The molecule has 1 amide bonds. The van der Waals surface area contributed by atoms with E-state index >= 15 is 0 Å². The molecule has 5 nitrogen and oxygen atoms in total. The lowest BCUT2D eigenvalue weighted by molar-refractivity contribution is -0.126. The fourth-order valence-corrected chi connectivity index (χ4v) is 5.39. The Morgan fingerprint density at radius 3 is 2.57 bits per heavy atom. The molecule has 0 unspecified atom stereocenters. The zero-order valence-electron chi connectivity index (χ0n) is 17.3. The monoisotopic (exact) mass is 432 g/mol. The topological polar surface area (TPSA) is 66.5 Å². The van der Waals surface area contributed by atoms with E-state index in [-0.39, 0.29) is 36.0 Å². The fourth-order valence-electron chi connectivity index (χ4n) is 3.81. The lowest BCUT2D eigenvalue weighted by Crippen LogP contribution is -2.46. The van der Waals surface area contributed by atoms with Gasteiger partial charge < -0.3 is 5.32 Å². The number of benzene rings is 2. The molecule has 162 valence electrons. The Morgan fingerprint density at radius 2 is 1.87 bits per heavy atom. The number of aryl methyl sites for hydroxylation is 1. The van der Waals surface area contributed by atoms with Crippen LogP contribution in [0.3, 0.4) is 0 Å². The highest BCUT2D eigenvalue weighted by Gasteiger charge is 2.32. The molecule has 1 N–H and O–H groups in total. The third-order valence-corrected chi connectivity index (χ3v) is 7.51. The summed E-state index contributed by atoms with van der Waals surface area (Å²) >= 11 is 0. The molecule has 0 radical (unpaired) electrons. The van der Waals surface area contributed by atoms with Crippen LogP contribution in [0.25, 0.3) is 0 Å². The molecule has 1 saturated heterocycles. The lowest BCUT2D eigenvalue weighted by atomic mass is 9.98. The first-order valence-electron chi connectivity index (χ1n) is 10.4. The minimum atomic E-state index is -3.39. The van der Waals surface area contributed by atoms with E-state index < -0.39 is 10.0 Å². The Bertz CT molecular complexity index is 933. The van der Waals surface area contributed by atoms with E-state index in [0.717, 1.165) is 11.1 Å². The molecule has 2 atom stereocenters. The minimum absolute atomic E-state index is 0.0855. The lowest BCUT2D eigenvalue weighted by Gasteiger charge is -2.32. The van der Waals surface area contributed by atoms with Crippen molar-refractivity contribution in [3.05, 3.63) is 71.5 Å². The summed E-state index contributed by atoms with van der Waals surface area (Å²) in [6.45, 7) is 2.52. The number of carbonyl (C=O) groups excluding carboxylic acids is 1. The van der Waals surface area contributed by atoms with Crippen LogP contribution < -0.4 is 5.32 Å². The number of sulfonamides is 1. The van der Waals surface area contributed by atoms with Crippen molar-refractivity contribution in [3.8, 4) is 0 Å². The van der Waals surface area contributed by atoms with Crippen LogP contribution in [0.5, 0.6) is 0 Å². The quantitative estimate of drug-likeness (QED) is 0.692. The minimum Gasteiger partial charge on any atom is -0.349 e. The normalized spacial score (nSPS) is 18.7. The maximum atomic E-state index is 13.1. The molecule has 0 spiro atoms. The molecule has 1 aliphatic heterocycles. The van der Waals surface area contributed by atoms with Gasteiger partial charge in [-0.05, 0) is 55.9 Å². The first kappa shape index (κ1) is 22.4. The van der Waals surface area contributed by atoms with Gasteiger partial charge in [0.1, 0.15) is 5.82 Å². The number of nitrogens with zero attached hydrogens (tertiary/aromatic N) is 1. The first-order chi connectivity index (χ1) is 14.3. The van der Waals surface area contributed by atoms with Gasteiger partial charge in [-0.2, -0.15) is 0 Å². The molecule has 0 bridgehead atoms. The van der Waals surface area contributed by atoms with Crippen molar-refractivity contribution in [1.29, 1.82) is 0 Å². The van der Waals surface area contributed by atoms with Crippen molar-refractivity contribution >= 4 is 15.9 Å². The van der Waals surface area contributed by atoms with Crippen molar-refractivity contribution in [1.82, 2.24) is 9.62 Å². The Kier molecular flexibility index (Phi) is 7.61. The molecular weight excluding hydrogens is 403 g/mol. The second-order valence-corrected chi connectivity index (χ2v) is 9.97. The summed E-state index contributed by atoms with van der Waals surface area (Å²) in [7, 11) is -3.39. The Balaban J connectivity index is 1.53. The highest BCUT2D eigenvalue weighted by Crippen LogP contribution is 2.22. The van der Waals surface area contributed by atoms with Crippen LogP contribution in [0, 0.1) is 11.7 Å². The van der Waals surface area contributed by atoms with E-state index in [1.807, 2.05) is 37.3 Å². The Hall–Kier alpha value is -2.25. The highest BCUT2D eigenvalue weighted by atomic mass is 32.2. The van der Waals surface area contributed by atoms with E-state index in [2.05, 4.69) is 5.32 Å². The molecular formula is C23H29FN2O3S. The number of hydrogen-bond donors (Lipinski definition) is 1. The van der Waals surface area contributed by atoms with Gasteiger partial charge in [0.05, 0.1) is 17.7 Å². The second kappa shape index (κ2) is 10.2. The zero-order valence-corrected chi connectivity index (χ0v) is 18.1. The maximum absolute atomic E-state index is 13.1. The van der Waals surface area contributed by atoms with Gasteiger partial charge in [-0.3, -0.25) is 4.79 Å². The van der Waals surface area contributed by atoms with Gasteiger partial charge in [0, 0.05) is 13.1 Å². The van der Waals surface area contributed by atoms with E-state index in [4.69, 9.17) is 0 Å². The van der Waals surface area contributed by atoms with Gasteiger partial charge in [0.25, 0.3) is 0 Å². The number of hydrogen-bond acceptors (Lipinski definition) is 3. The van der Waals surface area contributed by atoms with Crippen molar-refractivity contribution in [2.75, 3.05) is 18.8 Å². The van der Waals surface area contributed by atoms with Gasteiger partial charge in [0.15, 0.2) is 0 Å². The number of piperidine rings is 1. The molecule has 0 aliphatic carbocycles. The largest absolute Gasteiger partial charge is 0.349 e. The van der Waals surface area contributed by atoms with Crippen LogP contribution in [0.2, 0.25) is 0 Å². The van der Waals surface area contributed by atoms with E-state index in [1.54, 1.807) is 12.1 Å². The molecule has 1 fully saturated rings. The third kappa shape index (κ3) is 6.12. The van der Waals surface area contributed by atoms with Crippen LogP contribution in [0.4, 0.5) is 4.39 Å². The number of nitrogens with one attached hydrogen (secondary N) is 1. The predicted molar refractivity (Wildman–Crippen MR) is 116 cm³/mol. The van der Waals surface area contributed by atoms with Crippen LogP contribution in [-0.2, 0) is 21.2 Å². The van der Waals surface area contributed by atoms with Crippen molar-refractivity contribution in [2.45, 2.75) is 38.6 Å². The number of rotatable bonds is 8. The second-order valence-electron chi connectivity index (χ2n) is 7.88. The van der Waals surface area contributed by atoms with Crippen LogP contribution in [0.15, 0.2) is 54.6 Å². The predicted octanol–water partition coefficient (Wildman–Crippen LogP) is 3.68. The average molecular weight is 433 g/mol. The van der Waals surface area contributed by atoms with Crippen LogP contribution in [0.1, 0.15) is 43.4 Å². The summed E-state index contributed by atoms with van der Waals surface area (Å²) < 4.78 is 40.1. The van der Waals surface area contributed by atoms with E-state index in [0.29, 0.717) is 32.2 Å². The fraction of sp³-hybridized carbons (Fsp3) is 0.435. The number of amides is 1. The molecule has 1 heterocycles. The Morgan fingerprint density at radius 1 is 1.17 bits per heavy atom. The summed E-state index contributed by atoms with van der Waals surface area (Å²) in [4.78, 5) is 12.7. The third-order valence-electron chi connectivity index (χ3n) is 5.59. The standard InChI is InChI=1S/C23H29FN2O3S/c1-18(20-11-13-22(24)14-12-20)25-23(27)21-10-5-15-26(17-21)30(28,29)16-6-9-19-7-3-2-4-8-19/h2-4,7-8,11-14,18,21H,5-6,9-10,15-17H2,1H3,(H,25,27)/t18-,21-/m1/s1. The van der Waals surface area contributed by atoms with Crippen molar-refractivity contribution < 1.29 is 17.6 Å². The summed E-state index contributed by atoms with van der Waals surface area (Å²) in [5.41, 5.74) is 1.93. The molecule has 3 rings (SSSR count). The smallest absolute Gasteiger partial charge is 0.224 e. The molecule has 2 aromatic rings. The van der Waals surface area contributed by atoms with E-state index in [9.17, 15) is 17.6 Å². The van der Waals surface area contributed by atoms with Crippen LogP contribution in [-0.4, -0.2) is 37.5 Å². The van der Waals surface area contributed by atoms with Gasteiger partial charge in [-0.25, -0.2) is 17.1 Å². The van der Waals surface area contributed by atoms with E-state index in [1.165, 1.54) is 16.4 Å². The molecule has 7 heteroatoms. The molecule has 0 aromatic heterocycles. The zero-order chi connectivity index (χ0) is 21.6. The SMILES string of the molecule is C[C@@H](NC(=O)[C@@H]1CCCN(S(=O)(=O)CCCc2ccccc2)C1)c1ccc(F)cc1. The number of carbonyl (C=O) groups is 1. The maximum Gasteiger partial charge on any atom is 0.224 e. The molecule has 1 aliphatic rings. The molecule has 30 heavy (non-hydrogen) atoms. The summed E-state index contributed by atoms with van der Waals surface area (Å²) in [6, 6.07) is 15.6. The van der Waals surface area contributed by atoms with Gasteiger partial charge in [0.2, 0.25) is 15.9 Å². The molecule has 0 saturated carbocycles.